The summed E-state index contributed by atoms with van der Waals surface area (Å²) in [6.45, 7) is 0.310. The Labute approximate surface area is 183 Å². The maximum atomic E-state index is 13.8. The van der Waals surface area contributed by atoms with E-state index in [1.807, 2.05) is 6.92 Å². The van der Waals surface area contributed by atoms with Gasteiger partial charge >= 0.3 is 35.8 Å². The van der Waals surface area contributed by atoms with Crippen LogP contribution in [0.15, 0.2) is 0 Å². The fourth-order valence-corrected chi connectivity index (χ4v) is 2.90. The number of unbranched alkanes of at least 4 members (excludes halogenated alkanes) is 5. The highest BCUT2D eigenvalue weighted by molar-refractivity contribution is 14.1. The molecule has 0 amide bonds. The molecule has 0 aromatic rings. The smallest absolute Gasteiger partial charge is 0.380 e. The van der Waals surface area contributed by atoms with Crippen LogP contribution in [0.2, 0.25) is 0 Å². The quantitative estimate of drug-likeness (QED) is 0.0851. The SMILES string of the molecule is CCCCCCCCOCC(I)C(F)(F)C(F)(F)C(F)(F)C(F)(F)C(F)(F)C(F)(F)F. The van der Waals surface area contributed by atoms with Crippen LogP contribution in [0.25, 0.3) is 0 Å². The number of hydrogen-bond donors (Lipinski definition) is 0. The largest absolute Gasteiger partial charge is 0.460 e. The Morgan fingerprint density at radius 1 is 0.613 bits per heavy atom. The van der Waals surface area contributed by atoms with Crippen LogP contribution in [0.5, 0.6) is 0 Å². The molecule has 0 aliphatic rings. The van der Waals surface area contributed by atoms with E-state index in [-0.39, 0.29) is 13.0 Å². The van der Waals surface area contributed by atoms with Crippen molar-refractivity contribution in [2.24, 2.45) is 0 Å². The lowest BCUT2D eigenvalue weighted by Gasteiger charge is -2.40. The molecule has 0 fully saturated rings. The molecule has 0 saturated heterocycles. The zero-order valence-electron chi connectivity index (χ0n) is 15.9. The predicted octanol–water partition coefficient (Wildman–Crippen LogP) is 7.91. The topological polar surface area (TPSA) is 9.23 Å². The molecule has 0 aliphatic heterocycles. The summed E-state index contributed by atoms with van der Waals surface area (Å²) in [5.41, 5.74) is 0. The normalized spacial score (nSPS) is 16.0. The van der Waals surface area contributed by atoms with Crippen LogP contribution in [0.1, 0.15) is 45.4 Å². The zero-order chi connectivity index (χ0) is 24.9. The van der Waals surface area contributed by atoms with Crippen LogP contribution in [0, 0.1) is 0 Å². The molecule has 0 saturated carbocycles. The minimum Gasteiger partial charge on any atom is -0.380 e. The first-order valence-corrected chi connectivity index (χ1v) is 10.2. The first kappa shape index (κ1) is 30.8. The fraction of sp³-hybridized carbons (Fsp3) is 1.00. The van der Waals surface area contributed by atoms with Gasteiger partial charge in [-0.15, -0.1) is 0 Å². The number of halogens is 14. The van der Waals surface area contributed by atoms with Crippen LogP contribution in [-0.4, -0.2) is 52.9 Å². The second kappa shape index (κ2) is 10.8. The van der Waals surface area contributed by atoms with Gasteiger partial charge in [0.1, 0.15) is 3.92 Å². The lowest BCUT2D eigenvalue weighted by molar-refractivity contribution is -0.439. The molecule has 0 aliphatic carbocycles. The lowest BCUT2D eigenvalue weighted by Crippen LogP contribution is -2.71. The third kappa shape index (κ3) is 6.22. The van der Waals surface area contributed by atoms with Gasteiger partial charge in [-0.1, -0.05) is 61.6 Å². The Bertz CT molecular complexity index is 548. The second-order valence-electron chi connectivity index (χ2n) is 6.73. The molecule has 0 aromatic carbocycles. The first-order chi connectivity index (χ1) is 13.7. The van der Waals surface area contributed by atoms with Gasteiger partial charge in [-0.2, -0.15) is 57.1 Å². The number of hydrogen-bond acceptors (Lipinski definition) is 1. The van der Waals surface area contributed by atoms with Crippen molar-refractivity contribution in [3.63, 3.8) is 0 Å². The van der Waals surface area contributed by atoms with E-state index in [1.165, 1.54) is 0 Å². The summed E-state index contributed by atoms with van der Waals surface area (Å²) >= 11 is 0.451. The highest BCUT2D eigenvalue weighted by Gasteiger charge is 2.91. The van der Waals surface area contributed by atoms with Crippen molar-refractivity contribution in [1.82, 2.24) is 0 Å². The highest BCUT2D eigenvalue weighted by atomic mass is 127. The molecule has 0 radical (unpaired) electrons. The molecule has 0 rings (SSSR count). The van der Waals surface area contributed by atoms with E-state index in [4.69, 9.17) is 0 Å². The molecule has 1 unspecified atom stereocenters. The van der Waals surface area contributed by atoms with Gasteiger partial charge in [0.05, 0.1) is 6.61 Å². The van der Waals surface area contributed by atoms with Gasteiger partial charge in [-0.3, -0.25) is 0 Å². The van der Waals surface area contributed by atoms with Gasteiger partial charge < -0.3 is 4.74 Å². The molecule has 0 aromatic heterocycles. The van der Waals surface area contributed by atoms with Crippen molar-refractivity contribution in [2.75, 3.05) is 13.2 Å². The zero-order valence-corrected chi connectivity index (χ0v) is 18.1. The van der Waals surface area contributed by atoms with Gasteiger partial charge in [0.15, 0.2) is 0 Å². The summed E-state index contributed by atoms with van der Waals surface area (Å²) in [7, 11) is 0. The van der Waals surface area contributed by atoms with Crippen LogP contribution in [0.4, 0.5) is 57.1 Å². The van der Waals surface area contributed by atoms with E-state index in [0.717, 1.165) is 25.7 Å². The maximum absolute atomic E-state index is 13.8. The van der Waals surface area contributed by atoms with E-state index in [0.29, 0.717) is 29.0 Å². The first-order valence-electron chi connectivity index (χ1n) is 8.91. The highest BCUT2D eigenvalue weighted by Crippen LogP contribution is 2.61. The molecule has 15 heteroatoms. The average molecular weight is 602 g/mol. The van der Waals surface area contributed by atoms with E-state index in [1.54, 1.807) is 0 Å². The molecule has 0 heterocycles. The van der Waals surface area contributed by atoms with E-state index >= 15 is 0 Å². The minimum absolute atomic E-state index is 0.272. The molecular formula is C16H20F13IO. The molecule has 0 N–H and O–H groups in total. The summed E-state index contributed by atoms with van der Waals surface area (Å²) in [6, 6.07) is 0. The molecule has 31 heavy (non-hydrogen) atoms. The van der Waals surface area contributed by atoms with Crippen molar-refractivity contribution in [3.8, 4) is 0 Å². The second-order valence-corrected chi connectivity index (χ2v) is 8.23. The van der Waals surface area contributed by atoms with Crippen molar-refractivity contribution in [2.45, 2.75) is 85.2 Å². The average Bonchev–Trinajstić information content (AvgIpc) is 2.61. The van der Waals surface area contributed by atoms with Crippen LogP contribution in [0.3, 0.4) is 0 Å². The van der Waals surface area contributed by atoms with Gasteiger partial charge in [0, 0.05) is 6.61 Å². The third-order valence-electron chi connectivity index (χ3n) is 4.26. The lowest BCUT2D eigenvalue weighted by atomic mass is 9.93. The fourth-order valence-electron chi connectivity index (χ4n) is 2.25. The standard InChI is InChI=1S/C16H20F13IO/c1-2-3-4-5-6-7-8-31-9-10(30)11(17,18)12(19,20)13(21,22)14(23,24)15(25,26)16(27,28)29/h10H,2-9H2,1H3. The van der Waals surface area contributed by atoms with Crippen LogP contribution in [-0.2, 0) is 4.74 Å². The van der Waals surface area contributed by atoms with Crippen molar-refractivity contribution < 1.29 is 61.8 Å². The Hall–Kier alpha value is -0.220. The van der Waals surface area contributed by atoms with Crippen molar-refractivity contribution >= 4 is 22.6 Å². The van der Waals surface area contributed by atoms with Gasteiger partial charge in [-0.25, -0.2) is 0 Å². The number of ether oxygens (including phenoxy) is 1. The van der Waals surface area contributed by atoms with Gasteiger partial charge in [-0.05, 0) is 6.42 Å². The Balaban J connectivity index is 5.31. The molecule has 0 spiro atoms. The van der Waals surface area contributed by atoms with Crippen LogP contribution < -0.4 is 0 Å². The predicted molar refractivity (Wildman–Crippen MR) is 92.8 cm³/mol. The Kier molecular flexibility index (Phi) is 10.7. The van der Waals surface area contributed by atoms with Gasteiger partial charge in [0.25, 0.3) is 0 Å². The van der Waals surface area contributed by atoms with Crippen molar-refractivity contribution in [1.29, 1.82) is 0 Å². The third-order valence-corrected chi connectivity index (χ3v) is 5.40. The maximum Gasteiger partial charge on any atom is 0.460 e. The Morgan fingerprint density at radius 2 is 1.03 bits per heavy atom. The van der Waals surface area contributed by atoms with Crippen molar-refractivity contribution in [3.05, 3.63) is 0 Å². The van der Waals surface area contributed by atoms with E-state index < -0.39 is 46.3 Å². The summed E-state index contributed by atoms with van der Waals surface area (Å²) in [5, 5.41) is 0. The van der Waals surface area contributed by atoms with E-state index in [2.05, 4.69) is 4.74 Å². The monoisotopic (exact) mass is 602 g/mol. The minimum atomic E-state index is -7.87. The summed E-state index contributed by atoms with van der Waals surface area (Å²) in [5.74, 6) is -36.7. The molecular weight excluding hydrogens is 582 g/mol. The van der Waals surface area contributed by atoms with Gasteiger partial charge in [0.2, 0.25) is 0 Å². The molecule has 188 valence electrons. The van der Waals surface area contributed by atoms with E-state index in [9.17, 15) is 57.1 Å². The summed E-state index contributed by atoms with van der Waals surface area (Å²) in [4.78, 5) is 0. The van der Waals surface area contributed by atoms with Crippen LogP contribution >= 0.6 is 22.6 Å². The molecule has 0 bridgehead atoms. The summed E-state index contributed by atoms with van der Waals surface area (Å²) in [6.07, 6.45) is -3.08. The Morgan fingerprint density at radius 3 is 1.48 bits per heavy atom. The molecule has 1 nitrogen and oxygen atoms in total. The number of alkyl halides is 14. The molecule has 1 atom stereocenters. The summed E-state index contributed by atoms with van der Waals surface area (Å²) < 4.78 is 172. The number of rotatable bonds is 14.